The number of thiocarbonyl (C=S) groups is 1. The van der Waals surface area contributed by atoms with Crippen LogP contribution in [-0.2, 0) is 10.0 Å². The Morgan fingerprint density at radius 1 is 1.47 bits per heavy atom. The molecule has 0 aromatic heterocycles. The first-order chi connectivity index (χ1) is 6.97. The second-order valence-electron chi connectivity index (χ2n) is 3.86. The van der Waals surface area contributed by atoms with Crippen LogP contribution >= 0.6 is 12.2 Å². The molecule has 0 spiro atoms. The number of hydrogen-bond acceptors (Lipinski definition) is 3. The summed E-state index contributed by atoms with van der Waals surface area (Å²) in [6.45, 7) is 2.37. The van der Waals surface area contributed by atoms with E-state index in [2.05, 4.69) is 12.2 Å². The second-order valence-corrected chi connectivity index (χ2v) is 6.31. The van der Waals surface area contributed by atoms with Gasteiger partial charge in [0.05, 0.1) is 4.99 Å². The third kappa shape index (κ3) is 3.39. The Kier molecular flexibility index (Phi) is 4.48. The van der Waals surface area contributed by atoms with Gasteiger partial charge in [-0.1, -0.05) is 32.0 Å². The Morgan fingerprint density at radius 2 is 2.00 bits per heavy atom. The summed E-state index contributed by atoms with van der Waals surface area (Å²) in [6, 6.07) is 0.161. The van der Waals surface area contributed by atoms with Crippen LogP contribution in [0.2, 0.25) is 0 Å². The van der Waals surface area contributed by atoms with Gasteiger partial charge in [-0.25, -0.2) is 8.42 Å². The van der Waals surface area contributed by atoms with E-state index in [1.165, 1.54) is 0 Å². The van der Waals surface area contributed by atoms with E-state index in [4.69, 9.17) is 5.73 Å². The fourth-order valence-electron chi connectivity index (χ4n) is 2.14. The summed E-state index contributed by atoms with van der Waals surface area (Å²) in [6.07, 6.45) is 4.16. The molecule has 0 saturated heterocycles. The first-order valence-corrected chi connectivity index (χ1v) is 7.27. The van der Waals surface area contributed by atoms with Gasteiger partial charge in [-0.05, 0) is 12.8 Å². The van der Waals surface area contributed by atoms with Crippen molar-refractivity contribution in [3.63, 3.8) is 0 Å². The van der Waals surface area contributed by atoms with E-state index in [-0.39, 0.29) is 16.8 Å². The lowest BCUT2D eigenvalue weighted by Gasteiger charge is -2.26. The average molecular weight is 250 g/mol. The van der Waals surface area contributed by atoms with Crippen LogP contribution in [0, 0.1) is 0 Å². The number of nitrogens with zero attached hydrogens (tertiary/aromatic N) is 1. The molecule has 1 fully saturated rings. The predicted octanol–water partition coefficient (Wildman–Crippen LogP) is 0.867. The molecular formula is C9H18N2O2S2. The fraction of sp³-hybridized carbons (Fsp3) is 0.889. The van der Waals surface area contributed by atoms with Gasteiger partial charge in [0.2, 0.25) is 10.0 Å². The molecule has 2 N–H and O–H groups in total. The van der Waals surface area contributed by atoms with Crippen molar-refractivity contribution in [2.24, 2.45) is 5.73 Å². The monoisotopic (exact) mass is 250 g/mol. The number of hydrogen-bond donors (Lipinski definition) is 1. The Balaban J connectivity index is 2.76. The van der Waals surface area contributed by atoms with Crippen molar-refractivity contribution in [3.05, 3.63) is 0 Å². The lowest BCUT2D eigenvalue weighted by atomic mass is 10.2. The molecule has 15 heavy (non-hydrogen) atoms. The lowest BCUT2D eigenvalue weighted by molar-refractivity contribution is 0.337. The number of rotatable bonds is 5. The SMILES string of the molecule is CCN(C1CCCC1)S(=O)(=O)CC(N)=S. The zero-order valence-corrected chi connectivity index (χ0v) is 10.6. The molecule has 6 heteroatoms. The Hall–Kier alpha value is -0.200. The summed E-state index contributed by atoms with van der Waals surface area (Å²) >= 11 is 4.66. The standard InChI is InChI=1S/C9H18N2O2S2/c1-2-11(8-5-3-4-6-8)15(12,13)7-9(10)14/h8H,2-7H2,1H3,(H2,10,14). The van der Waals surface area contributed by atoms with E-state index in [1.807, 2.05) is 6.92 Å². The Labute approximate surface area is 96.9 Å². The highest BCUT2D eigenvalue weighted by Crippen LogP contribution is 2.25. The topological polar surface area (TPSA) is 63.4 Å². The van der Waals surface area contributed by atoms with E-state index < -0.39 is 10.0 Å². The molecule has 1 saturated carbocycles. The van der Waals surface area contributed by atoms with Crippen molar-refractivity contribution in [3.8, 4) is 0 Å². The van der Waals surface area contributed by atoms with Gasteiger partial charge < -0.3 is 5.73 Å². The Morgan fingerprint density at radius 3 is 2.40 bits per heavy atom. The van der Waals surface area contributed by atoms with Crippen LogP contribution in [0.1, 0.15) is 32.6 Å². The van der Waals surface area contributed by atoms with Crippen LogP contribution < -0.4 is 5.73 Å². The summed E-state index contributed by atoms with van der Waals surface area (Å²) in [5.41, 5.74) is 5.30. The zero-order chi connectivity index (χ0) is 11.5. The van der Waals surface area contributed by atoms with E-state index >= 15 is 0 Å². The molecule has 0 aromatic rings. The molecule has 1 aliphatic carbocycles. The minimum atomic E-state index is -3.29. The summed E-state index contributed by atoms with van der Waals surface area (Å²) in [4.78, 5) is 0.0476. The molecule has 0 aromatic carbocycles. The molecule has 88 valence electrons. The molecular weight excluding hydrogens is 232 g/mol. The van der Waals surface area contributed by atoms with Crippen LogP contribution in [0.5, 0.6) is 0 Å². The minimum absolute atomic E-state index is 0.0476. The minimum Gasteiger partial charge on any atom is -0.392 e. The van der Waals surface area contributed by atoms with Gasteiger partial charge in [0.1, 0.15) is 5.75 Å². The van der Waals surface area contributed by atoms with Gasteiger partial charge in [-0.2, -0.15) is 4.31 Å². The van der Waals surface area contributed by atoms with Crippen molar-refractivity contribution < 1.29 is 8.42 Å². The smallest absolute Gasteiger partial charge is 0.220 e. The fourth-order valence-corrected chi connectivity index (χ4v) is 4.17. The molecule has 0 atom stereocenters. The average Bonchev–Trinajstić information content (AvgIpc) is 2.54. The quantitative estimate of drug-likeness (QED) is 0.735. The van der Waals surface area contributed by atoms with E-state index in [0.29, 0.717) is 6.54 Å². The molecule has 0 heterocycles. The maximum Gasteiger partial charge on any atom is 0.220 e. The number of sulfonamides is 1. The molecule has 0 unspecified atom stereocenters. The molecule has 1 rings (SSSR count). The number of nitrogens with two attached hydrogens (primary N) is 1. The lowest BCUT2D eigenvalue weighted by Crippen LogP contribution is -2.42. The van der Waals surface area contributed by atoms with Gasteiger partial charge in [-0.3, -0.25) is 0 Å². The van der Waals surface area contributed by atoms with Crippen LogP contribution in [0.15, 0.2) is 0 Å². The summed E-state index contributed by atoms with van der Waals surface area (Å²) in [7, 11) is -3.29. The highest BCUT2D eigenvalue weighted by atomic mass is 32.2. The van der Waals surface area contributed by atoms with Crippen molar-refractivity contribution >= 4 is 27.2 Å². The summed E-state index contributed by atoms with van der Waals surface area (Å²) in [5.74, 6) is -0.202. The highest BCUT2D eigenvalue weighted by molar-refractivity contribution is 7.92. The van der Waals surface area contributed by atoms with Crippen molar-refractivity contribution in [1.29, 1.82) is 0 Å². The maximum atomic E-state index is 11.9. The van der Waals surface area contributed by atoms with Crippen LogP contribution in [0.4, 0.5) is 0 Å². The third-order valence-corrected chi connectivity index (χ3v) is 5.00. The third-order valence-electron chi connectivity index (χ3n) is 2.73. The maximum absolute atomic E-state index is 11.9. The summed E-state index contributed by atoms with van der Waals surface area (Å²) in [5, 5.41) is 0. The molecule has 0 amide bonds. The first-order valence-electron chi connectivity index (χ1n) is 5.25. The van der Waals surface area contributed by atoms with Crippen molar-refractivity contribution in [2.45, 2.75) is 38.6 Å². The van der Waals surface area contributed by atoms with Gasteiger partial charge in [0.25, 0.3) is 0 Å². The van der Waals surface area contributed by atoms with E-state index in [1.54, 1.807) is 4.31 Å². The van der Waals surface area contributed by atoms with Gasteiger partial charge in [0, 0.05) is 12.6 Å². The van der Waals surface area contributed by atoms with Gasteiger partial charge in [0.15, 0.2) is 0 Å². The van der Waals surface area contributed by atoms with Crippen molar-refractivity contribution in [1.82, 2.24) is 4.31 Å². The van der Waals surface area contributed by atoms with Gasteiger partial charge in [-0.15, -0.1) is 0 Å². The molecule has 1 aliphatic rings. The normalized spacial score (nSPS) is 18.5. The van der Waals surface area contributed by atoms with E-state index in [9.17, 15) is 8.42 Å². The Bertz CT molecular complexity index is 321. The molecule has 0 aliphatic heterocycles. The largest absolute Gasteiger partial charge is 0.392 e. The zero-order valence-electron chi connectivity index (χ0n) is 8.98. The van der Waals surface area contributed by atoms with Crippen LogP contribution in [0.25, 0.3) is 0 Å². The van der Waals surface area contributed by atoms with Crippen LogP contribution in [-0.4, -0.2) is 36.1 Å². The van der Waals surface area contributed by atoms with Gasteiger partial charge >= 0.3 is 0 Å². The molecule has 0 radical (unpaired) electrons. The second kappa shape index (κ2) is 5.23. The summed E-state index contributed by atoms with van der Waals surface area (Å²) < 4.78 is 25.4. The molecule has 0 bridgehead atoms. The first kappa shape index (κ1) is 12.9. The highest BCUT2D eigenvalue weighted by Gasteiger charge is 2.30. The molecule has 4 nitrogen and oxygen atoms in total. The van der Waals surface area contributed by atoms with E-state index in [0.717, 1.165) is 25.7 Å². The van der Waals surface area contributed by atoms with Crippen molar-refractivity contribution in [2.75, 3.05) is 12.3 Å². The van der Waals surface area contributed by atoms with Crippen LogP contribution in [0.3, 0.4) is 0 Å². The predicted molar refractivity (Wildman–Crippen MR) is 65.2 cm³/mol.